The lowest BCUT2D eigenvalue weighted by atomic mass is 10.1. The van der Waals surface area contributed by atoms with Crippen molar-refractivity contribution in [2.45, 2.75) is 50.1 Å². The van der Waals surface area contributed by atoms with Crippen LogP contribution in [-0.2, 0) is 11.3 Å². The Hall–Kier alpha value is -3.47. The van der Waals surface area contributed by atoms with Crippen LogP contribution in [0.1, 0.15) is 38.7 Å². The maximum Gasteiger partial charge on any atom is 0.244 e. The van der Waals surface area contributed by atoms with Crippen molar-refractivity contribution in [1.82, 2.24) is 25.1 Å². The van der Waals surface area contributed by atoms with Gasteiger partial charge >= 0.3 is 0 Å². The first-order valence-electron chi connectivity index (χ1n) is 12.8. The van der Waals surface area contributed by atoms with E-state index in [4.69, 9.17) is 24.2 Å². The molecule has 0 radical (unpaired) electrons. The molecule has 38 heavy (non-hydrogen) atoms. The van der Waals surface area contributed by atoms with Crippen molar-refractivity contribution < 1.29 is 19.0 Å². The maximum absolute atomic E-state index is 12.5. The zero-order chi connectivity index (χ0) is 27.1. The number of hydrogen-bond acceptors (Lipinski definition) is 9. The molecular weight excluding hydrogens is 504 g/mol. The standard InChI is InChI=1S/C27H36N6O4S/c1-18(2)38-27-30-25(32-12-7-6-8-13-32)20-17-29-33(26(20)31-27)14-11-28-23(34)10-9-19-15-21(35-3)24(37-5)22(16-19)36-4/h9-10,15-18H,6-8,11-14H2,1-5H3,(H,28,34)/b10-9-. The number of carbonyl (C=O) groups excluding carboxylic acids is 1. The summed E-state index contributed by atoms with van der Waals surface area (Å²) in [5, 5.41) is 9.59. The van der Waals surface area contributed by atoms with Crippen LogP contribution in [0.25, 0.3) is 17.1 Å². The van der Waals surface area contributed by atoms with E-state index in [0.717, 1.165) is 40.7 Å². The Labute approximate surface area is 227 Å². The number of aromatic nitrogens is 4. The molecule has 0 aliphatic carbocycles. The molecule has 1 aliphatic heterocycles. The predicted octanol–water partition coefficient (Wildman–Crippen LogP) is 4.17. The highest BCUT2D eigenvalue weighted by Gasteiger charge is 2.20. The van der Waals surface area contributed by atoms with Crippen LogP contribution in [0.5, 0.6) is 17.2 Å². The number of anilines is 1. The number of piperidine rings is 1. The first-order chi connectivity index (χ1) is 18.4. The van der Waals surface area contributed by atoms with Crippen molar-refractivity contribution in [2.75, 3.05) is 45.9 Å². The SMILES string of the molecule is COc1cc(/C=C\C(=O)NCCn2ncc3c(N4CCCCC4)nc(SC(C)C)nc32)cc(OC)c1OC. The van der Waals surface area contributed by atoms with E-state index in [9.17, 15) is 4.79 Å². The molecular formula is C27H36N6O4S. The Bertz CT molecular complexity index is 1260. The number of benzene rings is 1. The van der Waals surface area contributed by atoms with Crippen molar-refractivity contribution in [3.05, 3.63) is 30.0 Å². The molecule has 10 nitrogen and oxygen atoms in total. The summed E-state index contributed by atoms with van der Waals surface area (Å²) in [6.45, 7) is 7.17. The number of thioether (sulfide) groups is 1. The van der Waals surface area contributed by atoms with E-state index in [2.05, 4.69) is 29.2 Å². The molecule has 0 unspecified atom stereocenters. The van der Waals surface area contributed by atoms with Gasteiger partial charge in [0.2, 0.25) is 11.7 Å². The molecule has 1 aliphatic rings. The third-order valence-corrected chi connectivity index (χ3v) is 7.05. The van der Waals surface area contributed by atoms with Gasteiger partial charge in [-0.3, -0.25) is 4.79 Å². The van der Waals surface area contributed by atoms with Gasteiger partial charge in [0.15, 0.2) is 22.3 Å². The third-order valence-electron chi connectivity index (χ3n) is 6.19. The zero-order valence-corrected chi connectivity index (χ0v) is 23.5. The first-order valence-corrected chi connectivity index (χ1v) is 13.7. The predicted molar refractivity (Wildman–Crippen MR) is 151 cm³/mol. The lowest BCUT2D eigenvalue weighted by molar-refractivity contribution is -0.116. The lowest BCUT2D eigenvalue weighted by Crippen LogP contribution is -2.30. The first kappa shape index (κ1) is 27.6. The van der Waals surface area contributed by atoms with Crippen molar-refractivity contribution in [3.8, 4) is 17.2 Å². The third kappa shape index (κ3) is 6.50. The second-order valence-corrected chi connectivity index (χ2v) is 10.8. The van der Waals surface area contributed by atoms with E-state index in [0.29, 0.717) is 35.6 Å². The highest BCUT2D eigenvalue weighted by molar-refractivity contribution is 7.99. The van der Waals surface area contributed by atoms with Gasteiger partial charge < -0.3 is 24.4 Å². The van der Waals surface area contributed by atoms with E-state index in [1.807, 2.05) is 10.9 Å². The lowest BCUT2D eigenvalue weighted by Gasteiger charge is -2.28. The van der Waals surface area contributed by atoms with Gasteiger partial charge in [-0.1, -0.05) is 25.6 Å². The second kappa shape index (κ2) is 12.9. The molecule has 0 bridgehead atoms. The van der Waals surface area contributed by atoms with Crippen LogP contribution >= 0.6 is 11.8 Å². The van der Waals surface area contributed by atoms with Crippen LogP contribution in [0.2, 0.25) is 0 Å². The molecule has 4 rings (SSSR count). The molecule has 1 saturated heterocycles. The van der Waals surface area contributed by atoms with Gasteiger partial charge in [0.25, 0.3) is 0 Å². The number of methoxy groups -OCH3 is 3. The fraction of sp³-hybridized carbons (Fsp3) is 0.481. The van der Waals surface area contributed by atoms with Crippen LogP contribution in [0.15, 0.2) is 29.6 Å². The van der Waals surface area contributed by atoms with Crippen LogP contribution < -0.4 is 24.4 Å². The van der Waals surface area contributed by atoms with E-state index in [1.54, 1.807) is 51.3 Å². The molecule has 11 heteroatoms. The molecule has 3 heterocycles. The van der Waals surface area contributed by atoms with Crippen LogP contribution in [0, 0.1) is 0 Å². The number of hydrogen-bond donors (Lipinski definition) is 1. The van der Waals surface area contributed by atoms with Gasteiger partial charge in [-0.05, 0) is 43.0 Å². The normalized spacial score (nSPS) is 13.9. The Kier molecular flexibility index (Phi) is 9.33. The van der Waals surface area contributed by atoms with Crippen molar-refractivity contribution in [3.63, 3.8) is 0 Å². The Morgan fingerprint density at radius 2 is 1.79 bits per heavy atom. The average Bonchev–Trinajstić information content (AvgIpc) is 3.33. The van der Waals surface area contributed by atoms with Gasteiger partial charge in [0.05, 0.1) is 39.5 Å². The molecule has 3 aromatic rings. The minimum atomic E-state index is -0.213. The van der Waals surface area contributed by atoms with Gasteiger partial charge in [0, 0.05) is 31.0 Å². The minimum absolute atomic E-state index is 0.213. The molecule has 1 N–H and O–H groups in total. The second-order valence-electron chi connectivity index (χ2n) is 9.23. The number of nitrogens with zero attached hydrogens (tertiary/aromatic N) is 5. The molecule has 0 atom stereocenters. The average molecular weight is 541 g/mol. The summed E-state index contributed by atoms with van der Waals surface area (Å²) in [5.41, 5.74) is 1.55. The Balaban J connectivity index is 1.45. The summed E-state index contributed by atoms with van der Waals surface area (Å²) in [7, 11) is 4.67. The highest BCUT2D eigenvalue weighted by atomic mass is 32.2. The van der Waals surface area contributed by atoms with Crippen molar-refractivity contribution in [1.29, 1.82) is 0 Å². The Morgan fingerprint density at radius 3 is 2.42 bits per heavy atom. The fourth-order valence-corrected chi connectivity index (χ4v) is 5.11. The van der Waals surface area contributed by atoms with Crippen LogP contribution in [-0.4, -0.2) is 71.9 Å². The molecule has 1 fully saturated rings. The maximum atomic E-state index is 12.5. The number of nitrogens with one attached hydrogen (secondary N) is 1. The fourth-order valence-electron chi connectivity index (χ4n) is 4.41. The number of rotatable bonds is 11. The molecule has 2 aromatic heterocycles. The zero-order valence-electron chi connectivity index (χ0n) is 22.7. The van der Waals surface area contributed by atoms with Gasteiger partial charge in [-0.2, -0.15) is 5.10 Å². The van der Waals surface area contributed by atoms with E-state index in [-0.39, 0.29) is 5.91 Å². The van der Waals surface area contributed by atoms with E-state index >= 15 is 0 Å². The quantitative estimate of drug-likeness (QED) is 0.218. The summed E-state index contributed by atoms with van der Waals surface area (Å²) in [5.74, 6) is 2.30. The largest absolute Gasteiger partial charge is 0.493 e. The van der Waals surface area contributed by atoms with Crippen molar-refractivity contribution >= 4 is 40.6 Å². The monoisotopic (exact) mass is 540 g/mol. The van der Waals surface area contributed by atoms with Gasteiger partial charge in [-0.25, -0.2) is 14.6 Å². The summed E-state index contributed by atoms with van der Waals surface area (Å²) in [6, 6.07) is 3.57. The number of carbonyl (C=O) groups is 1. The highest BCUT2D eigenvalue weighted by Crippen LogP contribution is 2.38. The minimum Gasteiger partial charge on any atom is -0.493 e. The molecule has 0 spiro atoms. The molecule has 1 aromatic carbocycles. The molecule has 0 saturated carbocycles. The van der Waals surface area contributed by atoms with E-state index < -0.39 is 0 Å². The van der Waals surface area contributed by atoms with E-state index in [1.165, 1.54) is 25.3 Å². The number of amides is 1. The summed E-state index contributed by atoms with van der Waals surface area (Å²) < 4.78 is 18.0. The number of fused-ring (bicyclic) bond motifs is 1. The summed E-state index contributed by atoms with van der Waals surface area (Å²) >= 11 is 1.65. The smallest absolute Gasteiger partial charge is 0.244 e. The molecule has 1 amide bonds. The summed E-state index contributed by atoms with van der Waals surface area (Å²) in [4.78, 5) is 24.6. The topological polar surface area (TPSA) is 104 Å². The Morgan fingerprint density at radius 1 is 1.08 bits per heavy atom. The molecule has 204 valence electrons. The summed E-state index contributed by atoms with van der Waals surface area (Å²) in [6.07, 6.45) is 8.62. The van der Waals surface area contributed by atoms with Crippen LogP contribution in [0.4, 0.5) is 5.82 Å². The number of ether oxygens (including phenoxy) is 3. The van der Waals surface area contributed by atoms with Gasteiger partial charge in [0.1, 0.15) is 5.82 Å². The van der Waals surface area contributed by atoms with Crippen LogP contribution in [0.3, 0.4) is 0 Å². The van der Waals surface area contributed by atoms with Crippen molar-refractivity contribution in [2.24, 2.45) is 0 Å². The van der Waals surface area contributed by atoms with Gasteiger partial charge in [-0.15, -0.1) is 0 Å².